The van der Waals surface area contributed by atoms with Crippen LogP contribution in [0.1, 0.15) is 44.5 Å². The van der Waals surface area contributed by atoms with E-state index in [4.69, 9.17) is 9.84 Å². The van der Waals surface area contributed by atoms with Gasteiger partial charge in [0.15, 0.2) is 0 Å². The molecule has 0 spiro atoms. The number of hydrogen-bond acceptors (Lipinski definition) is 9. The zero-order valence-corrected chi connectivity index (χ0v) is 23.6. The third kappa shape index (κ3) is 6.45. The van der Waals surface area contributed by atoms with Crippen LogP contribution in [0.4, 0.5) is 5.69 Å². The van der Waals surface area contributed by atoms with Crippen LogP contribution < -0.4 is 15.0 Å². The lowest BCUT2D eigenvalue weighted by Gasteiger charge is -2.19. The number of aliphatic hydroxyl groups excluding tert-OH is 1. The Labute approximate surface area is 251 Å². The number of amides is 2. The number of para-hydroxylation sites is 2. The van der Waals surface area contributed by atoms with Gasteiger partial charge in [0, 0.05) is 25.2 Å². The number of ether oxygens (including phenoxy) is 1. The number of H-pyrrole nitrogens is 1. The Hall–Kier alpha value is -5.87. The van der Waals surface area contributed by atoms with Gasteiger partial charge in [0.05, 0.1) is 42.0 Å². The fraction of sp³-hybridized carbons (Fsp3) is 0.194. The van der Waals surface area contributed by atoms with Crippen molar-refractivity contribution in [3.63, 3.8) is 0 Å². The standard InChI is InChI=1S/C31H27N9O4/c1-39-26-4-2-3-5-27(26)44-19-25(31(39)43)33-30(42)29-34-28(37-38-29)14-21-9-6-20(7-10-21)8-11-22-15-32-40(16-22)17-23-12-13-24(18-41)36-35-23/h2-7,9-10,12-13,15-16,25,41H,14,17-19H2,1H3,(H,33,42)(H,34,37,38)/t25-/m0/s1. The largest absolute Gasteiger partial charge is 0.489 e. The van der Waals surface area contributed by atoms with Crippen LogP contribution >= 0.6 is 0 Å². The molecular formula is C31H27N9O4. The van der Waals surface area contributed by atoms with Crippen molar-refractivity contribution in [2.75, 3.05) is 18.6 Å². The van der Waals surface area contributed by atoms with Crippen LogP contribution in [0.5, 0.6) is 5.75 Å². The van der Waals surface area contributed by atoms with Crippen LogP contribution in [0.15, 0.2) is 73.1 Å². The molecule has 5 aromatic rings. The minimum Gasteiger partial charge on any atom is -0.489 e. The zero-order valence-electron chi connectivity index (χ0n) is 23.6. The number of nitrogens with one attached hydrogen (secondary N) is 2. The average Bonchev–Trinajstić information content (AvgIpc) is 3.69. The molecule has 0 radical (unpaired) electrons. The molecule has 13 heteroatoms. The van der Waals surface area contributed by atoms with E-state index in [1.54, 1.807) is 42.2 Å². The SMILES string of the molecule is CN1C(=O)[C@@H](NC(=O)c2n[nH]c(Cc3ccc(C#Cc4cnn(Cc5ccc(CO)nn5)c4)cc3)n2)COc2ccccc21. The quantitative estimate of drug-likeness (QED) is 0.239. The molecular weight excluding hydrogens is 562 g/mol. The van der Waals surface area contributed by atoms with Crippen molar-refractivity contribution in [1.82, 2.24) is 40.5 Å². The summed E-state index contributed by atoms with van der Waals surface area (Å²) in [5.41, 5.74) is 4.41. The number of rotatable bonds is 7. The highest BCUT2D eigenvalue weighted by molar-refractivity contribution is 6.02. The second-order valence-electron chi connectivity index (χ2n) is 10.0. The Kier molecular flexibility index (Phi) is 8.06. The molecule has 2 amide bonds. The molecule has 0 fully saturated rings. The molecule has 0 unspecified atom stereocenters. The van der Waals surface area contributed by atoms with Crippen molar-refractivity contribution in [3.8, 4) is 17.6 Å². The lowest BCUT2D eigenvalue weighted by molar-refractivity contribution is -0.120. The van der Waals surface area contributed by atoms with Crippen LogP contribution in [0.25, 0.3) is 0 Å². The van der Waals surface area contributed by atoms with Gasteiger partial charge in [0.1, 0.15) is 24.2 Å². The molecule has 0 saturated heterocycles. The van der Waals surface area contributed by atoms with E-state index < -0.39 is 11.9 Å². The van der Waals surface area contributed by atoms with Crippen LogP contribution in [-0.4, -0.2) is 71.8 Å². The normalized spacial score (nSPS) is 14.2. The van der Waals surface area contributed by atoms with Crippen molar-refractivity contribution in [1.29, 1.82) is 0 Å². The van der Waals surface area contributed by atoms with Crippen molar-refractivity contribution in [2.45, 2.75) is 25.6 Å². The number of aromatic amines is 1. The maximum Gasteiger partial charge on any atom is 0.291 e. The van der Waals surface area contributed by atoms with Gasteiger partial charge in [0.2, 0.25) is 5.82 Å². The molecule has 1 atom stereocenters. The second kappa shape index (κ2) is 12.6. The predicted octanol–water partition coefficient (Wildman–Crippen LogP) is 1.48. The Morgan fingerprint density at radius 3 is 2.64 bits per heavy atom. The summed E-state index contributed by atoms with van der Waals surface area (Å²) in [7, 11) is 1.64. The van der Waals surface area contributed by atoms with Gasteiger partial charge in [-0.2, -0.15) is 15.3 Å². The number of fused-ring (bicyclic) bond motifs is 1. The number of benzene rings is 2. The Balaban J connectivity index is 1.03. The van der Waals surface area contributed by atoms with Crippen molar-refractivity contribution in [2.24, 2.45) is 0 Å². The first-order valence-electron chi connectivity index (χ1n) is 13.7. The van der Waals surface area contributed by atoms with Crippen LogP contribution in [0.3, 0.4) is 0 Å². The zero-order chi connectivity index (χ0) is 30.5. The summed E-state index contributed by atoms with van der Waals surface area (Å²) >= 11 is 0. The molecule has 1 aliphatic rings. The molecule has 4 heterocycles. The monoisotopic (exact) mass is 589 g/mol. The first-order chi connectivity index (χ1) is 21.4. The van der Waals surface area contributed by atoms with Crippen LogP contribution in [0, 0.1) is 11.8 Å². The number of aromatic nitrogens is 7. The van der Waals surface area contributed by atoms with Gasteiger partial charge < -0.3 is 20.1 Å². The molecule has 220 valence electrons. The molecule has 0 aliphatic carbocycles. The molecule has 3 aromatic heterocycles. The highest BCUT2D eigenvalue weighted by Gasteiger charge is 2.31. The Morgan fingerprint density at radius 2 is 1.84 bits per heavy atom. The number of likely N-dealkylation sites (N-methyl/N-ethyl adjacent to an activating group) is 1. The van der Waals surface area contributed by atoms with E-state index in [1.807, 2.05) is 42.6 Å². The van der Waals surface area contributed by atoms with Gasteiger partial charge >= 0.3 is 0 Å². The maximum absolute atomic E-state index is 12.9. The molecule has 1 aliphatic heterocycles. The number of aliphatic hydroxyl groups is 1. The lowest BCUT2D eigenvalue weighted by Crippen LogP contribution is -2.49. The predicted molar refractivity (Wildman–Crippen MR) is 157 cm³/mol. The summed E-state index contributed by atoms with van der Waals surface area (Å²) < 4.78 is 7.48. The highest BCUT2D eigenvalue weighted by atomic mass is 16.5. The number of hydrogen-bond donors (Lipinski definition) is 3. The maximum atomic E-state index is 12.9. The summed E-state index contributed by atoms with van der Waals surface area (Å²) in [4.78, 5) is 31.6. The third-order valence-corrected chi connectivity index (χ3v) is 6.87. The van der Waals surface area contributed by atoms with E-state index in [9.17, 15) is 9.59 Å². The van der Waals surface area contributed by atoms with Crippen molar-refractivity contribution >= 4 is 17.5 Å². The van der Waals surface area contributed by atoms with E-state index in [0.717, 1.165) is 22.4 Å². The van der Waals surface area contributed by atoms with E-state index in [0.29, 0.717) is 35.9 Å². The fourth-order valence-corrected chi connectivity index (χ4v) is 4.54. The number of nitrogens with zero attached hydrogens (tertiary/aromatic N) is 7. The van der Waals surface area contributed by atoms with Gasteiger partial charge in [-0.25, -0.2) is 4.98 Å². The Morgan fingerprint density at radius 1 is 1.07 bits per heavy atom. The summed E-state index contributed by atoms with van der Waals surface area (Å²) in [6.07, 6.45) is 3.94. The van der Waals surface area contributed by atoms with Crippen LogP contribution in [0.2, 0.25) is 0 Å². The summed E-state index contributed by atoms with van der Waals surface area (Å²) in [5, 5.41) is 31.0. The van der Waals surface area contributed by atoms with Crippen LogP contribution in [-0.2, 0) is 24.4 Å². The lowest BCUT2D eigenvalue weighted by atomic mass is 10.1. The smallest absolute Gasteiger partial charge is 0.291 e. The first kappa shape index (κ1) is 28.3. The highest BCUT2D eigenvalue weighted by Crippen LogP contribution is 2.29. The Bertz CT molecular complexity index is 1850. The summed E-state index contributed by atoms with van der Waals surface area (Å²) in [5.74, 6) is 6.38. The first-order valence-corrected chi connectivity index (χ1v) is 13.7. The minimum absolute atomic E-state index is 0.00348. The molecule has 6 rings (SSSR count). The van der Waals surface area contributed by atoms with Gasteiger partial charge in [-0.1, -0.05) is 36.1 Å². The molecule has 0 saturated carbocycles. The fourth-order valence-electron chi connectivity index (χ4n) is 4.54. The molecule has 13 nitrogen and oxygen atoms in total. The topological polar surface area (TPSA) is 164 Å². The van der Waals surface area contributed by atoms with E-state index in [2.05, 4.69) is 47.6 Å². The molecule has 44 heavy (non-hydrogen) atoms. The van der Waals surface area contributed by atoms with Crippen molar-refractivity contribution in [3.05, 3.63) is 113 Å². The third-order valence-electron chi connectivity index (χ3n) is 6.87. The minimum atomic E-state index is -0.885. The van der Waals surface area contributed by atoms with Crippen molar-refractivity contribution < 1.29 is 19.4 Å². The van der Waals surface area contributed by atoms with E-state index >= 15 is 0 Å². The van der Waals surface area contributed by atoms with Gasteiger partial charge in [-0.3, -0.25) is 19.4 Å². The van der Waals surface area contributed by atoms with E-state index in [1.165, 1.54) is 4.90 Å². The summed E-state index contributed by atoms with van der Waals surface area (Å²) in [6, 6.07) is 17.5. The number of anilines is 1. The van der Waals surface area contributed by atoms with Gasteiger partial charge in [-0.15, -0.1) is 5.10 Å². The number of carbonyl (C=O) groups is 2. The summed E-state index contributed by atoms with van der Waals surface area (Å²) in [6.45, 7) is 0.293. The molecule has 3 N–H and O–H groups in total. The van der Waals surface area contributed by atoms with Gasteiger partial charge in [-0.05, 0) is 42.0 Å². The molecule has 2 aromatic carbocycles. The van der Waals surface area contributed by atoms with Gasteiger partial charge in [0.25, 0.3) is 11.8 Å². The van der Waals surface area contributed by atoms with E-state index in [-0.39, 0.29) is 24.9 Å². The second-order valence-corrected chi connectivity index (χ2v) is 10.0. The molecule has 0 bridgehead atoms. The average molecular weight is 590 g/mol. The number of carbonyl (C=O) groups excluding carboxylic acids is 2.